The molecule has 0 aliphatic heterocycles. The lowest BCUT2D eigenvalue weighted by Crippen LogP contribution is -2.28. The highest BCUT2D eigenvalue weighted by molar-refractivity contribution is 8.00. The lowest BCUT2D eigenvalue weighted by molar-refractivity contribution is -0.140. The number of ether oxygens (including phenoxy) is 3. The second kappa shape index (κ2) is 15.6. The molecule has 0 radical (unpaired) electrons. The van der Waals surface area contributed by atoms with Crippen LogP contribution < -0.4 is 5.32 Å². The average Bonchev–Trinajstić information content (AvgIpc) is 2.78. The first-order valence-electron chi connectivity index (χ1n) is 11.3. The number of hydrogen-bond donors (Lipinski definition) is 1. The summed E-state index contributed by atoms with van der Waals surface area (Å²) in [5.41, 5.74) is 2.02. The molecule has 0 spiro atoms. The fraction of sp³-hybridized carbons (Fsp3) is 0.560. The van der Waals surface area contributed by atoms with Crippen LogP contribution in [0.25, 0.3) is 0 Å². The molecule has 0 fully saturated rings. The second-order valence-electron chi connectivity index (χ2n) is 7.90. The molecule has 0 aromatic rings. The summed E-state index contributed by atoms with van der Waals surface area (Å²) in [5.74, 6) is 0.852. The van der Waals surface area contributed by atoms with Gasteiger partial charge in [-0.25, -0.2) is 0 Å². The third-order valence-electron chi connectivity index (χ3n) is 5.25. The van der Waals surface area contributed by atoms with Crippen LogP contribution >= 0.6 is 0 Å². The maximum Gasteiger partial charge on any atom is 0.313 e. The monoisotopic (exact) mass is 481 g/mol. The molecular formula is C25H39NO6S. The van der Waals surface area contributed by atoms with Crippen LogP contribution in [-0.4, -0.2) is 66.4 Å². The zero-order valence-corrected chi connectivity index (χ0v) is 21.0. The maximum absolute atomic E-state index is 12.2. The van der Waals surface area contributed by atoms with Crippen molar-refractivity contribution < 1.29 is 28.0 Å². The summed E-state index contributed by atoms with van der Waals surface area (Å²) in [7, 11) is -2.02. The van der Waals surface area contributed by atoms with Gasteiger partial charge in [0, 0.05) is 18.6 Å². The molecule has 1 aliphatic carbocycles. The van der Waals surface area contributed by atoms with Crippen molar-refractivity contribution in [3.63, 3.8) is 0 Å². The Bertz CT molecular complexity index is 864. The van der Waals surface area contributed by atoms with Gasteiger partial charge in [0.2, 0.25) is 5.91 Å². The summed E-state index contributed by atoms with van der Waals surface area (Å²) in [6, 6.07) is 0. The smallest absolute Gasteiger partial charge is 0.313 e. The van der Waals surface area contributed by atoms with Crippen molar-refractivity contribution in [2.24, 2.45) is 5.92 Å². The van der Waals surface area contributed by atoms with Gasteiger partial charge in [-0.05, 0) is 57.8 Å². The van der Waals surface area contributed by atoms with Gasteiger partial charge in [0.25, 0.3) is 0 Å². The van der Waals surface area contributed by atoms with E-state index in [0.717, 1.165) is 24.0 Å². The number of hydrogen-bond acceptors (Lipinski definition) is 6. The number of carbonyl (C=O) groups excluding carboxylic acids is 2. The number of carbonyl (C=O) groups is 2. The van der Waals surface area contributed by atoms with E-state index in [1.54, 1.807) is 11.6 Å². The summed E-state index contributed by atoms with van der Waals surface area (Å²) in [6.45, 7) is 13.1. The van der Waals surface area contributed by atoms with E-state index in [1.165, 1.54) is 0 Å². The summed E-state index contributed by atoms with van der Waals surface area (Å²) >= 11 is 0. The minimum absolute atomic E-state index is 0.137. The molecule has 0 bridgehead atoms. The third-order valence-corrected chi connectivity index (χ3v) is 7.26. The third kappa shape index (κ3) is 12.0. The van der Waals surface area contributed by atoms with E-state index in [-0.39, 0.29) is 37.2 Å². The first kappa shape index (κ1) is 28.9. The molecule has 7 nitrogen and oxygen atoms in total. The van der Waals surface area contributed by atoms with Crippen LogP contribution in [0.4, 0.5) is 0 Å². The summed E-state index contributed by atoms with van der Waals surface area (Å²) in [6.07, 6.45) is 9.27. The van der Waals surface area contributed by atoms with E-state index >= 15 is 0 Å². The van der Waals surface area contributed by atoms with Gasteiger partial charge in [-0.2, -0.15) is 0 Å². The van der Waals surface area contributed by atoms with E-state index in [1.807, 2.05) is 32.1 Å². The summed E-state index contributed by atoms with van der Waals surface area (Å²) in [5, 5.41) is 4.29. The SMILES string of the molecule is C=CCC1C=C(OC(=O)CCOCCOCCNC(=O)CC=S(C)(=O)CC)C(C)=C(C=C)C1. The lowest BCUT2D eigenvalue weighted by atomic mass is 9.87. The zero-order valence-electron chi connectivity index (χ0n) is 20.2. The molecule has 0 aromatic carbocycles. The van der Waals surface area contributed by atoms with Crippen LogP contribution in [0.5, 0.6) is 0 Å². The highest BCUT2D eigenvalue weighted by atomic mass is 32.2. The fourth-order valence-electron chi connectivity index (χ4n) is 3.06. The number of amides is 1. The molecule has 0 saturated carbocycles. The highest BCUT2D eigenvalue weighted by Gasteiger charge is 2.20. The minimum atomic E-state index is -2.02. The molecule has 2 atom stereocenters. The summed E-state index contributed by atoms with van der Waals surface area (Å²) in [4.78, 5) is 23.9. The first-order valence-corrected chi connectivity index (χ1v) is 13.5. The predicted octanol–water partition coefficient (Wildman–Crippen LogP) is 3.18. The normalized spacial score (nSPS) is 17.5. The molecule has 8 heteroatoms. The Morgan fingerprint density at radius 2 is 1.91 bits per heavy atom. The van der Waals surface area contributed by atoms with Crippen LogP contribution in [0.2, 0.25) is 0 Å². The molecule has 0 saturated heterocycles. The lowest BCUT2D eigenvalue weighted by Gasteiger charge is -2.22. The van der Waals surface area contributed by atoms with Crippen molar-refractivity contribution in [1.29, 1.82) is 0 Å². The van der Waals surface area contributed by atoms with Gasteiger partial charge >= 0.3 is 5.97 Å². The van der Waals surface area contributed by atoms with Crippen LogP contribution in [0.3, 0.4) is 0 Å². The maximum atomic E-state index is 12.2. The Morgan fingerprint density at radius 3 is 2.55 bits per heavy atom. The quantitative estimate of drug-likeness (QED) is 0.158. The Kier molecular flexibility index (Phi) is 13.7. The van der Waals surface area contributed by atoms with Gasteiger partial charge in [0.05, 0.1) is 39.3 Å². The van der Waals surface area contributed by atoms with Crippen molar-refractivity contribution >= 4 is 26.8 Å². The Balaban J connectivity index is 2.18. The molecule has 33 heavy (non-hydrogen) atoms. The van der Waals surface area contributed by atoms with Gasteiger partial charge in [0.15, 0.2) is 0 Å². The number of rotatable bonds is 16. The summed E-state index contributed by atoms with van der Waals surface area (Å²) < 4.78 is 28.2. The van der Waals surface area contributed by atoms with Crippen molar-refractivity contribution in [3.05, 3.63) is 48.3 Å². The van der Waals surface area contributed by atoms with Gasteiger partial charge in [-0.1, -0.05) is 25.7 Å². The van der Waals surface area contributed by atoms with Crippen LogP contribution in [0, 0.1) is 5.92 Å². The Hall–Kier alpha value is -2.16. The molecule has 0 heterocycles. The van der Waals surface area contributed by atoms with Crippen LogP contribution in [0.1, 0.15) is 39.5 Å². The van der Waals surface area contributed by atoms with E-state index in [2.05, 4.69) is 18.5 Å². The van der Waals surface area contributed by atoms with Crippen LogP contribution in [0.15, 0.2) is 48.3 Å². The highest BCUT2D eigenvalue weighted by Crippen LogP contribution is 2.32. The van der Waals surface area contributed by atoms with Gasteiger partial charge in [-0.15, -0.1) is 6.58 Å². The topological polar surface area (TPSA) is 90.9 Å². The van der Waals surface area contributed by atoms with E-state index in [9.17, 15) is 13.8 Å². The van der Waals surface area contributed by atoms with Gasteiger partial charge < -0.3 is 19.5 Å². The van der Waals surface area contributed by atoms with E-state index < -0.39 is 9.52 Å². The van der Waals surface area contributed by atoms with Crippen molar-refractivity contribution in [3.8, 4) is 0 Å². The molecule has 1 rings (SSSR count). The molecule has 1 amide bonds. The number of esters is 1. The zero-order chi connectivity index (χ0) is 24.7. The van der Waals surface area contributed by atoms with Gasteiger partial charge in [-0.3, -0.25) is 13.8 Å². The predicted molar refractivity (Wildman–Crippen MR) is 135 cm³/mol. The minimum Gasteiger partial charge on any atom is -0.427 e. The molecular weight excluding hydrogens is 442 g/mol. The van der Waals surface area contributed by atoms with Crippen molar-refractivity contribution in [2.75, 3.05) is 45.0 Å². The molecule has 186 valence electrons. The molecule has 1 N–H and O–H groups in total. The van der Waals surface area contributed by atoms with Crippen molar-refractivity contribution in [1.82, 2.24) is 5.32 Å². The molecule has 0 aromatic heterocycles. The first-order chi connectivity index (χ1) is 15.7. The Morgan fingerprint density at radius 1 is 1.21 bits per heavy atom. The fourth-order valence-corrected chi connectivity index (χ4v) is 3.80. The largest absolute Gasteiger partial charge is 0.427 e. The number of allylic oxidation sites excluding steroid dienone is 5. The van der Waals surface area contributed by atoms with E-state index in [4.69, 9.17) is 14.2 Å². The molecule has 2 unspecified atom stereocenters. The van der Waals surface area contributed by atoms with E-state index in [0.29, 0.717) is 37.9 Å². The standard InChI is InChI=1S/C25H39NO6S/c1-6-9-21-18-22(7-2)20(4)23(19-21)32-25(28)10-13-30-15-16-31-14-12-26-24(27)11-17-33(5,29)8-3/h6-7,17,19,21H,1-2,8-16,18H2,3-5H3,(H,26,27). The Labute approximate surface area is 198 Å². The molecule has 1 aliphatic rings. The number of nitrogens with one attached hydrogen (secondary N) is 1. The van der Waals surface area contributed by atoms with Crippen LogP contribution in [-0.2, 0) is 33.3 Å². The average molecular weight is 482 g/mol. The van der Waals surface area contributed by atoms with Gasteiger partial charge in [0.1, 0.15) is 5.76 Å². The second-order valence-corrected chi connectivity index (χ2v) is 11.0. The van der Waals surface area contributed by atoms with Crippen molar-refractivity contribution in [2.45, 2.75) is 39.5 Å².